The number of fused-ring (bicyclic) bond motifs is 1. The summed E-state index contributed by atoms with van der Waals surface area (Å²) in [6.45, 7) is 3.43. The first-order chi connectivity index (χ1) is 19.0. The number of likely N-dealkylation sites (N-methyl/N-ethyl adjacent to an activating group) is 1. The number of ether oxygens (including phenoxy) is 1. The number of amides is 2. The van der Waals surface area contributed by atoms with E-state index >= 15 is 0 Å². The van der Waals surface area contributed by atoms with Crippen molar-refractivity contribution in [2.24, 2.45) is 5.92 Å². The lowest BCUT2D eigenvalue weighted by Gasteiger charge is -2.38. The van der Waals surface area contributed by atoms with Crippen LogP contribution in [0.2, 0.25) is 5.02 Å². The zero-order valence-electron chi connectivity index (χ0n) is 22.2. The molecular formula is C27H30ClN5O6S. The molecule has 212 valence electrons. The number of aliphatic hydroxyl groups is 1. The highest BCUT2D eigenvalue weighted by molar-refractivity contribution is 7.89. The summed E-state index contributed by atoms with van der Waals surface area (Å²) in [6.07, 6.45) is 3.39. The van der Waals surface area contributed by atoms with Gasteiger partial charge in [-0.2, -0.15) is 4.31 Å². The number of hydrogen-bond donors (Lipinski definition) is 2. The molecule has 3 atom stereocenters. The van der Waals surface area contributed by atoms with Crippen molar-refractivity contribution in [3.05, 3.63) is 77.3 Å². The summed E-state index contributed by atoms with van der Waals surface area (Å²) in [5, 5.41) is 13.0. The molecule has 3 aromatic rings. The number of aliphatic hydroxyl groups excluding tert-OH is 1. The summed E-state index contributed by atoms with van der Waals surface area (Å²) in [5.74, 6) is -1.22. The molecule has 2 N–H and O–H groups in total. The largest absolute Gasteiger partial charge is 0.486 e. The lowest BCUT2D eigenvalue weighted by molar-refractivity contribution is 0.0388. The molecule has 11 nitrogen and oxygen atoms in total. The summed E-state index contributed by atoms with van der Waals surface area (Å²) in [5.41, 5.74) is 0.435. The molecule has 1 aromatic heterocycles. The highest BCUT2D eigenvalue weighted by Gasteiger charge is 2.36. The van der Waals surface area contributed by atoms with Crippen molar-refractivity contribution >= 4 is 39.1 Å². The molecule has 2 aromatic carbocycles. The first-order valence-electron chi connectivity index (χ1n) is 12.5. The number of carbonyl (C=O) groups excluding carboxylic acids is 2. The van der Waals surface area contributed by atoms with Crippen LogP contribution in [0.15, 0.2) is 66.0 Å². The number of hydrogen-bond acceptors (Lipinski definition) is 8. The predicted octanol–water partition coefficient (Wildman–Crippen LogP) is 2.92. The lowest BCUT2D eigenvalue weighted by Crippen LogP contribution is -2.50. The van der Waals surface area contributed by atoms with Crippen LogP contribution in [-0.4, -0.2) is 83.4 Å². The molecule has 0 unspecified atom stereocenters. The van der Waals surface area contributed by atoms with Crippen LogP contribution in [0.25, 0.3) is 0 Å². The van der Waals surface area contributed by atoms with Gasteiger partial charge in [-0.05, 0) is 43.3 Å². The van der Waals surface area contributed by atoms with E-state index in [0.29, 0.717) is 5.02 Å². The number of rotatable bonds is 8. The average Bonchev–Trinajstić information content (AvgIpc) is 2.95. The van der Waals surface area contributed by atoms with Gasteiger partial charge in [-0.15, -0.1) is 0 Å². The van der Waals surface area contributed by atoms with Crippen molar-refractivity contribution < 1.29 is 27.9 Å². The number of carbonyl (C=O) groups is 2. The monoisotopic (exact) mass is 587 g/mol. The summed E-state index contributed by atoms with van der Waals surface area (Å²) >= 11 is 5.93. The number of halogens is 1. The molecule has 1 aliphatic rings. The van der Waals surface area contributed by atoms with Gasteiger partial charge in [0.1, 0.15) is 11.8 Å². The van der Waals surface area contributed by atoms with E-state index in [0.717, 1.165) is 0 Å². The Morgan fingerprint density at radius 2 is 1.98 bits per heavy atom. The minimum absolute atomic E-state index is 0.0616. The fraction of sp³-hybridized carbons (Fsp3) is 0.333. The molecule has 0 aliphatic carbocycles. The van der Waals surface area contributed by atoms with Gasteiger partial charge in [0.05, 0.1) is 41.5 Å². The molecule has 13 heteroatoms. The quantitative estimate of drug-likeness (QED) is 0.410. The van der Waals surface area contributed by atoms with E-state index in [1.54, 1.807) is 25.1 Å². The van der Waals surface area contributed by atoms with Crippen molar-refractivity contribution in [2.45, 2.75) is 30.9 Å². The number of anilines is 1. The van der Waals surface area contributed by atoms with Crippen molar-refractivity contribution in [2.75, 3.05) is 32.1 Å². The van der Waals surface area contributed by atoms with Gasteiger partial charge >= 0.3 is 0 Å². The van der Waals surface area contributed by atoms with E-state index in [9.17, 15) is 23.1 Å². The standard InChI is InChI=1S/C27H30ClN5O6S/c1-17-14-33(18(2)16-34)27(36)21-5-4-6-22(31-26(35)23-13-29-11-12-30-23)25(21)39-24(17)15-32(3)40(37,38)20-9-7-19(28)8-10-20/h4-13,17-18,24,34H,14-16H2,1-3H3,(H,31,35)/t17-,18-,24+/m1/s1. The molecule has 0 saturated carbocycles. The van der Waals surface area contributed by atoms with Gasteiger partial charge in [-0.1, -0.05) is 24.6 Å². The molecule has 0 fully saturated rings. The maximum Gasteiger partial charge on any atom is 0.275 e. The molecule has 1 aliphatic heterocycles. The Bertz CT molecular complexity index is 1470. The molecule has 4 rings (SSSR count). The van der Waals surface area contributed by atoms with Crippen LogP contribution in [0.3, 0.4) is 0 Å². The minimum Gasteiger partial charge on any atom is -0.486 e. The Morgan fingerprint density at radius 1 is 1.25 bits per heavy atom. The number of para-hydroxylation sites is 1. The lowest BCUT2D eigenvalue weighted by atomic mass is 9.99. The second-order valence-corrected chi connectivity index (χ2v) is 12.1. The summed E-state index contributed by atoms with van der Waals surface area (Å²) in [7, 11) is -2.45. The van der Waals surface area contributed by atoms with Crippen LogP contribution in [0.4, 0.5) is 5.69 Å². The zero-order chi connectivity index (χ0) is 29.0. The fourth-order valence-electron chi connectivity index (χ4n) is 4.30. The number of sulfonamides is 1. The molecule has 0 saturated heterocycles. The van der Waals surface area contributed by atoms with Crippen molar-refractivity contribution in [1.29, 1.82) is 0 Å². The van der Waals surface area contributed by atoms with Crippen LogP contribution in [0, 0.1) is 5.92 Å². The first-order valence-corrected chi connectivity index (χ1v) is 14.4. The van der Waals surface area contributed by atoms with E-state index in [4.69, 9.17) is 16.3 Å². The molecule has 2 amide bonds. The van der Waals surface area contributed by atoms with Crippen LogP contribution >= 0.6 is 11.6 Å². The van der Waals surface area contributed by atoms with Crippen molar-refractivity contribution in [1.82, 2.24) is 19.2 Å². The van der Waals surface area contributed by atoms with E-state index in [1.165, 1.54) is 59.1 Å². The number of nitrogens with one attached hydrogen (secondary N) is 1. The zero-order valence-corrected chi connectivity index (χ0v) is 23.8. The third-order valence-electron chi connectivity index (χ3n) is 6.69. The highest BCUT2D eigenvalue weighted by Crippen LogP contribution is 2.35. The summed E-state index contributed by atoms with van der Waals surface area (Å²) in [4.78, 5) is 36.0. The SMILES string of the molecule is C[C@@H]1CN([C@H](C)CO)C(=O)c2cccc(NC(=O)c3cnccn3)c2O[C@H]1CN(C)S(=O)(=O)c1ccc(Cl)cc1. The molecule has 40 heavy (non-hydrogen) atoms. The Morgan fingerprint density at radius 3 is 2.62 bits per heavy atom. The summed E-state index contributed by atoms with van der Waals surface area (Å²) in [6, 6.07) is 10.1. The number of benzene rings is 2. The van der Waals surface area contributed by atoms with Gasteiger partial charge in [-0.3, -0.25) is 14.6 Å². The normalized spacial score (nSPS) is 18.4. The van der Waals surface area contributed by atoms with E-state index in [2.05, 4.69) is 15.3 Å². The third kappa shape index (κ3) is 6.25. The first kappa shape index (κ1) is 29.4. The molecular weight excluding hydrogens is 558 g/mol. The minimum atomic E-state index is -3.90. The van der Waals surface area contributed by atoms with Gasteiger partial charge < -0.3 is 20.1 Å². The van der Waals surface area contributed by atoms with Crippen LogP contribution in [0.1, 0.15) is 34.7 Å². The Labute approximate surface area is 237 Å². The maximum atomic E-state index is 13.6. The van der Waals surface area contributed by atoms with Gasteiger partial charge in [-0.25, -0.2) is 13.4 Å². The molecule has 0 spiro atoms. The predicted molar refractivity (Wildman–Crippen MR) is 149 cm³/mol. The van der Waals surface area contributed by atoms with Gasteiger partial charge in [0.25, 0.3) is 11.8 Å². The third-order valence-corrected chi connectivity index (χ3v) is 8.78. The topological polar surface area (TPSA) is 142 Å². The second kappa shape index (κ2) is 12.3. The van der Waals surface area contributed by atoms with E-state index in [-0.39, 0.29) is 59.1 Å². The van der Waals surface area contributed by atoms with Crippen LogP contribution < -0.4 is 10.1 Å². The van der Waals surface area contributed by atoms with E-state index in [1.807, 2.05) is 6.92 Å². The van der Waals surface area contributed by atoms with Gasteiger partial charge in [0.15, 0.2) is 5.75 Å². The molecule has 2 heterocycles. The number of nitrogens with zero attached hydrogens (tertiary/aromatic N) is 4. The van der Waals surface area contributed by atoms with Crippen LogP contribution in [0.5, 0.6) is 5.75 Å². The van der Waals surface area contributed by atoms with Gasteiger partial charge in [0, 0.05) is 36.9 Å². The van der Waals surface area contributed by atoms with E-state index < -0.39 is 28.1 Å². The second-order valence-electron chi connectivity index (χ2n) is 9.59. The maximum absolute atomic E-state index is 13.6. The fourth-order valence-corrected chi connectivity index (χ4v) is 5.61. The highest BCUT2D eigenvalue weighted by atomic mass is 35.5. The Kier molecular flexibility index (Phi) is 9.04. The Hall–Kier alpha value is -3.58. The van der Waals surface area contributed by atoms with Crippen LogP contribution in [-0.2, 0) is 10.0 Å². The van der Waals surface area contributed by atoms with Crippen molar-refractivity contribution in [3.8, 4) is 5.75 Å². The average molecular weight is 588 g/mol. The number of aromatic nitrogens is 2. The Balaban J connectivity index is 1.72. The summed E-state index contributed by atoms with van der Waals surface area (Å²) < 4.78 is 34.2. The molecule has 0 bridgehead atoms. The van der Waals surface area contributed by atoms with Gasteiger partial charge in [0.2, 0.25) is 10.0 Å². The smallest absolute Gasteiger partial charge is 0.275 e. The van der Waals surface area contributed by atoms with Crippen molar-refractivity contribution in [3.63, 3.8) is 0 Å². The molecule has 0 radical (unpaired) electrons.